The molecule has 0 radical (unpaired) electrons. The number of aromatic nitrogens is 1. The van der Waals surface area contributed by atoms with E-state index >= 15 is 0 Å². The van der Waals surface area contributed by atoms with Crippen LogP contribution in [0.4, 0.5) is 0 Å². The number of carbonyl (C=O) groups excluding carboxylic acids is 1. The number of pyridine rings is 1. The van der Waals surface area contributed by atoms with Crippen LogP contribution < -0.4 is 15.4 Å². The zero-order chi connectivity index (χ0) is 19.9. The first-order valence-corrected chi connectivity index (χ1v) is 9.39. The first kappa shape index (κ1) is 20.9. The Morgan fingerprint density at radius 2 is 1.81 bits per heavy atom. The van der Waals surface area contributed by atoms with Crippen molar-refractivity contribution in [2.24, 2.45) is 5.41 Å². The second-order valence-corrected chi connectivity index (χ2v) is 7.85. The Morgan fingerprint density at radius 3 is 2.41 bits per heavy atom. The number of ether oxygens (including phenoxy) is 1. The molecule has 5 nitrogen and oxygen atoms in total. The van der Waals surface area contributed by atoms with Gasteiger partial charge in [-0.1, -0.05) is 39.0 Å². The number of nitrogens with zero attached hydrogens (tertiary/aromatic N) is 1. The maximum Gasteiger partial charge on any atom is 0.225 e. The Labute approximate surface area is 162 Å². The molecule has 5 heteroatoms. The topological polar surface area (TPSA) is 63.2 Å². The third-order valence-electron chi connectivity index (χ3n) is 4.21. The monoisotopic (exact) mass is 369 g/mol. The summed E-state index contributed by atoms with van der Waals surface area (Å²) in [4.78, 5) is 16.1. The fraction of sp³-hybridized carbons (Fsp3) is 0.455. The maximum absolute atomic E-state index is 11.8. The van der Waals surface area contributed by atoms with Gasteiger partial charge in [-0.3, -0.25) is 9.78 Å². The fourth-order valence-corrected chi connectivity index (χ4v) is 2.76. The van der Waals surface area contributed by atoms with Crippen LogP contribution in [-0.2, 0) is 17.9 Å². The van der Waals surface area contributed by atoms with Gasteiger partial charge >= 0.3 is 0 Å². The molecule has 0 aliphatic heterocycles. The zero-order valence-corrected chi connectivity index (χ0v) is 17.1. The maximum atomic E-state index is 11.8. The molecule has 0 aliphatic rings. The minimum absolute atomic E-state index is 0.0744. The van der Waals surface area contributed by atoms with Crippen LogP contribution in [-0.4, -0.2) is 24.0 Å². The minimum Gasteiger partial charge on any atom is -0.487 e. The van der Waals surface area contributed by atoms with E-state index in [0.29, 0.717) is 13.2 Å². The number of nitrogens with one attached hydrogen (secondary N) is 2. The summed E-state index contributed by atoms with van der Waals surface area (Å²) in [7, 11) is 0. The summed E-state index contributed by atoms with van der Waals surface area (Å²) in [6, 6.07) is 10.1. The second kappa shape index (κ2) is 9.51. The van der Waals surface area contributed by atoms with Crippen LogP contribution >= 0.6 is 0 Å². The van der Waals surface area contributed by atoms with Gasteiger partial charge in [-0.2, -0.15) is 0 Å². The van der Waals surface area contributed by atoms with Gasteiger partial charge in [0.05, 0.1) is 5.69 Å². The lowest BCUT2D eigenvalue weighted by molar-refractivity contribution is -0.128. The molecule has 1 aromatic carbocycles. The van der Waals surface area contributed by atoms with Gasteiger partial charge in [-0.25, -0.2) is 0 Å². The van der Waals surface area contributed by atoms with E-state index in [1.165, 1.54) is 5.56 Å². The van der Waals surface area contributed by atoms with Crippen LogP contribution in [0.15, 0.2) is 36.5 Å². The molecule has 0 saturated carbocycles. The molecule has 2 N–H and O–H groups in total. The van der Waals surface area contributed by atoms with Gasteiger partial charge in [0.25, 0.3) is 0 Å². The van der Waals surface area contributed by atoms with E-state index in [4.69, 9.17) is 4.74 Å². The number of rotatable bonds is 8. The lowest BCUT2D eigenvalue weighted by atomic mass is 9.96. The molecule has 2 aromatic rings. The predicted molar refractivity (Wildman–Crippen MR) is 109 cm³/mol. The SMILES string of the molecule is Cc1cc(CNCCNC(=O)C(C)(C)C)cc(C)c1OCc1ccccn1. The van der Waals surface area contributed by atoms with E-state index < -0.39 is 0 Å². The van der Waals surface area contributed by atoms with Gasteiger partial charge in [-0.05, 0) is 42.7 Å². The molecule has 0 bridgehead atoms. The summed E-state index contributed by atoms with van der Waals surface area (Å²) >= 11 is 0. The van der Waals surface area contributed by atoms with E-state index in [-0.39, 0.29) is 11.3 Å². The molecular weight excluding hydrogens is 338 g/mol. The summed E-state index contributed by atoms with van der Waals surface area (Å²) in [5, 5.41) is 6.32. The molecule has 1 heterocycles. The molecule has 27 heavy (non-hydrogen) atoms. The first-order valence-electron chi connectivity index (χ1n) is 9.39. The Hall–Kier alpha value is -2.40. The van der Waals surface area contributed by atoms with Crippen LogP contribution in [0, 0.1) is 19.3 Å². The standard InChI is InChI=1S/C22H31N3O2/c1-16-12-18(14-23-10-11-25-21(26)22(3,4)5)13-17(2)20(16)27-15-19-8-6-7-9-24-19/h6-9,12-13,23H,10-11,14-15H2,1-5H3,(H,25,26). The number of carbonyl (C=O) groups is 1. The number of benzene rings is 1. The van der Waals surface area contributed by atoms with Gasteiger partial charge < -0.3 is 15.4 Å². The molecule has 0 atom stereocenters. The zero-order valence-electron chi connectivity index (χ0n) is 17.1. The van der Waals surface area contributed by atoms with E-state index in [1.807, 2.05) is 39.0 Å². The molecule has 1 amide bonds. The van der Waals surface area contributed by atoms with Crippen LogP contribution in [0.2, 0.25) is 0 Å². The van der Waals surface area contributed by atoms with Crippen molar-refractivity contribution in [3.05, 3.63) is 58.9 Å². The van der Waals surface area contributed by atoms with E-state index in [1.54, 1.807) is 6.20 Å². The first-order chi connectivity index (χ1) is 12.8. The molecular formula is C22H31N3O2. The van der Waals surface area contributed by atoms with Crippen LogP contribution in [0.1, 0.15) is 43.2 Å². The average Bonchev–Trinajstić information content (AvgIpc) is 2.60. The highest BCUT2D eigenvalue weighted by Gasteiger charge is 2.20. The molecule has 0 spiro atoms. The van der Waals surface area contributed by atoms with Gasteiger partial charge in [0.2, 0.25) is 5.91 Å². The Bertz CT molecular complexity index is 729. The molecule has 0 aliphatic carbocycles. The summed E-state index contributed by atoms with van der Waals surface area (Å²) in [5.41, 5.74) is 4.00. The van der Waals surface area contributed by atoms with Crippen LogP contribution in [0.5, 0.6) is 5.75 Å². The normalized spacial score (nSPS) is 11.3. The largest absolute Gasteiger partial charge is 0.487 e. The van der Waals surface area contributed by atoms with Gasteiger partial charge in [0.1, 0.15) is 12.4 Å². The summed E-state index contributed by atoms with van der Waals surface area (Å²) in [6.07, 6.45) is 1.77. The van der Waals surface area contributed by atoms with E-state index in [9.17, 15) is 4.79 Å². The van der Waals surface area contributed by atoms with Gasteiger partial charge in [0.15, 0.2) is 0 Å². The van der Waals surface area contributed by atoms with Crippen molar-refractivity contribution in [3.8, 4) is 5.75 Å². The minimum atomic E-state index is -0.348. The van der Waals surface area contributed by atoms with Crippen molar-refractivity contribution in [3.63, 3.8) is 0 Å². The lowest BCUT2D eigenvalue weighted by Crippen LogP contribution is -2.38. The number of hydrogen-bond donors (Lipinski definition) is 2. The predicted octanol–water partition coefficient (Wildman–Crippen LogP) is 3.53. The fourth-order valence-electron chi connectivity index (χ4n) is 2.76. The van der Waals surface area contributed by atoms with E-state index in [0.717, 1.165) is 35.7 Å². The number of hydrogen-bond acceptors (Lipinski definition) is 4. The molecule has 1 aromatic heterocycles. The molecule has 0 saturated heterocycles. The Morgan fingerprint density at radius 1 is 1.11 bits per heavy atom. The molecule has 0 fully saturated rings. The van der Waals surface area contributed by atoms with Crippen molar-refractivity contribution in [1.82, 2.24) is 15.6 Å². The molecule has 2 rings (SSSR count). The van der Waals surface area contributed by atoms with Gasteiger partial charge in [0, 0.05) is 31.2 Å². The summed E-state index contributed by atoms with van der Waals surface area (Å²) < 4.78 is 5.98. The van der Waals surface area contributed by atoms with Crippen LogP contribution in [0.3, 0.4) is 0 Å². The molecule has 146 valence electrons. The van der Waals surface area contributed by atoms with Crippen molar-refractivity contribution >= 4 is 5.91 Å². The number of aryl methyl sites for hydroxylation is 2. The number of amides is 1. The van der Waals surface area contributed by atoms with Crippen molar-refractivity contribution in [2.45, 2.75) is 47.8 Å². The quantitative estimate of drug-likeness (QED) is 0.699. The highest BCUT2D eigenvalue weighted by Crippen LogP contribution is 2.25. The van der Waals surface area contributed by atoms with Crippen molar-refractivity contribution in [1.29, 1.82) is 0 Å². The van der Waals surface area contributed by atoms with Crippen molar-refractivity contribution < 1.29 is 9.53 Å². The second-order valence-electron chi connectivity index (χ2n) is 7.85. The van der Waals surface area contributed by atoms with Gasteiger partial charge in [-0.15, -0.1) is 0 Å². The average molecular weight is 370 g/mol. The molecule has 0 unspecified atom stereocenters. The third kappa shape index (κ3) is 6.68. The summed E-state index contributed by atoms with van der Waals surface area (Å²) in [6.45, 7) is 12.5. The van der Waals surface area contributed by atoms with Crippen LogP contribution in [0.25, 0.3) is 0 Å². The van der Waals surface area contributed by atoms with Crippen molar-refractivity contribution in [2.75, 3.05) is 13.1 Å². The Balaban J connectivity index is 1.82. The Kier molecular flexibility index (Phi) is 7.36. The lowest BCUT2D eigenvalue weighted by Gasteiger charge is -2.18. The summed E-state index contributed by atoms with van der Waals surface area (Å²) in [5.74, 6) is 0.993. The van der Waals surface area contributed by atoms with E-state index in [2.05, 4.69) is 41.6 Å². The smallest absolute Gasteiger partial charge is 0.225 e. The highest BCUT2D eigenvalue weighted by atomic mass is 16.5. The third-order valence-corrected chi connectivity index (χ3v) is 4.21. The highest BCUT2D eigenvalue weighted by molar-refractivity contribution is 5.81.